The van der Waals surface area contributed by atoms with Gasteiger partial charge in [-0.3, -0.25) is 4.99 Å². The number of carbonyl (C=O) groups is 1. The lowest BCUT2D eigenvalue weighted by Gasteiger charge is -2.11. The van der Waals surface area contributed by atoms with Crippen molar-refractivity contribution in [3.63, 3.8) is 0 Å². The average molecular weight is 438 g/mol. The minimum Gasteiger partial charge on any atom is -0.508 e. The summed E-state index contributed by atoms with van der Waals surface area (Å²) in [5.41, 5.74) is 2.10. The Balaban J connectivity index is 1.75. The molecule has 3 aromatic rings. The third-order valence-electron chi connectivity index (χ3n) is 4.17. The van der Waals surface area contributed by atoms with Crippen LogP contribution in [0.1, 0.15) is 11.1 Å². The summed E-state index contributed by atoms with van der Waals surface area (Å²) in [5, 5.41) is 9.54. The van der Waals surface area contributed by atoms with Gasteiger partial charge in [-0.15, -0.1) is 0 Å². The van der Waals surface area contributed by atoms with Gasteiger partial charge >= 0.3 is 5.97 Å². The van der Waals surface area contributed by atoms with E-state index in [1.165, 1.54) is 13.2 Å². The van der Waals surface area contributed by atoms with Crippen molar-refractivity contribution in [3.8, 4) is 23.0 Å². The van der Waals surface area contributed by atoms with E-state index in [-0.39, 0.29) is 16.5 Å². The lowest BCUT2D eigenvalue weighted by molar-refractivity contribution is -0.129. The monoisotopic (exact) mass is 437 g/mol. The Hall–Kier alpha value is -3.77. The number of phenols is 1. The van der Waals surface area contributed by atoms with Gasteiger partial charge in [-0.05, 0) is 65.7 Å². The van der Waals surface area contributed by atoms with Crippen LogP contribution in [-0.4, -0.2) is 31.5 Å². The van der Waals surface area contributed by atoms with Crippen LogP contribution < -0.4 is 14.2 Å². The fraction of sp³-hybridized carbons (Fsp3) is 0.0833. The van der Waals surface area contributed by atoms with Crippen molar-refractivity contribution in [2.75, 3.05) is 14.2 Å². The van der Waals surface area contributed by atoms with E-state index in [4.69, 9.17) is 25.8 Å². The number of phenolic OH excluding ortho intramolecular Hbond substituents is 1. The molecule has 0 aromatic heterocycles. The van der Waals surface area contributed by atoms with Gasteiger partial charge in [0.05, 0.1) is 24.9 Å². The molecule has 0 amide bonds. The fourth-order valence-corrected chi connectivity index (χ4v) is 2.90. The number of aliphatic imine (C=N–C) groups is 1. The first-order valence-electron chi connectivity index (χ1n) is 9.23. The van der Waals surface area contributed by atoms with Crippen LogP contribution in [-0.2, 0) is 4.79 Å². The first-order chi connectivity index (χ1) is 15.0. The molecule has 0 aliphatic heterocycles. The van der Waals surface area contributed by atoms with E-state index in [0.717, 1.165) is 5.56 Å². The maximum atomic E-state index is 12.3. The summed E-state index contributed by atoms with van der Waals surface area (Å²) in [7, 11) is 3.03. The molecule has 6 nitrogen and oxygen atoms in total. The molecule has 31 heavy (non-hydrogen) atoms. The predicted molar refractivity (Wildman–Crippen MR) is 121 cm³/mol. The van der Waals surface area contributed by atoms with Gasteiger partial charge in [-0.2, -0.15) is 0 Å². The second kappa shape index (κ2) is 10.3. The second-order valence-electron chi connectivity index (χ2n) is 6.34. The number of halogens is 1. The minimum absolute atomic E-state index is 0.117. The first-order valence-corrected chi connectivity index (χ1v) is 9.61. The summed E-state index contributed by atoms with van der Waals surface area (Å²) in [6.45, 7) is 0. The van der Waals surface area contributed by atoms with Crippen LogP contribution in [0, 0.1) is 0 Å². The highest BCUT2D eigenvalue weighted by atomic mass is 35.5. The van der Waals surface area contributed by atoms with E-state index in [1.807, 2.05) is 18.2 Å². The Morgan fingerprint density at radius 2 is 1.77 bits per heavy atom. The van der Waals surface area contributed by atoms with Crippen LogP contribution in [0.15, 0.2) is 71.7 Å². The van der Waals surface area contributed by atoms with E-state index in [2.05, 4.69) is 4.99 Å². The Kier molecular flexibility index (Phi) is 7.30. The molecule has 0 heterocycles. The molecule has 0 fully saturated rings. The molecule has 1 N–H and O–H groups in total. The highest BCUT2D eigenvalue weighted by molar-refractivity contribution is 6.32. The molecule has 0 saturated heterocycles. The van der Waals surface area contributed by atoms with E-state index in [9.17, 15) is 9.90 Å². The molecule has 0 saturated carbocycles. The second-order valence-corrected chi connectivity index (χ2v) is 6.75. The Morgan fingerprint density at radius 3 is 2.48 bits per heavy atom. The van der Waals surface area contributed by atoms with Crippen molar-refractivity contribution in [2.24, 2.45) is 4.99 Å². The van der Waals surface area contributed by atoms with Crippen molar-refractivity contribution >= 4 is 35.5 Å². The van der Waals surface area contributed by atoms with Crippen LogP contribution in [0.3, 0.4) is 0 Å². The van der Waals surface area contributed by atoms with Gasteiger partial charge in [0.15, 0.2) is 11.5 Å². The van der Waals surface area contributed by atoms with Crippen molar-refractivity contribution in [2.45, 2.75) is 0 Å². The summed E-state index contributed by atoms with van der Waals surface area (Å²) in [6.07, 6.45) is 4.50. The molecule has 0 atom stereocenters. The molecule has 0 bridgehead atoms. The number of aromatic hydroxyl groups is 1. The minimum atomic E-state index is -0.603. The average Bonchev–Trinajstić information content (AvgIpc) is 2.79. The maximum absolute atomic E-state index is 12.3. The van der Waals surface area contributed by atoms with Crippen LogP contribution >= 0.6 is 11.6 Å². The topological polar surface area (TPSA) is 77.4 Å². The van der Waals surface area contributed by atoms with E-state index >= 15 is 0 Å². The quantitative estimate of drug-likeness (QED) is 0.231. The van der Waals surface area contributed by atoms with Crippen molar-refractivity contribution in [3.05, 3.63) is 82.9 Å². The third-order valence-corrected chi connectivity index (χ3v) is 4.45. The van der Waals surface area contributed by atoms with Crippen molar-refractivity contribution in [1.82, 2.24) is 0 Å². The van der Waals surface area contributed by atoms with E-state index < -0.39 is 5.97 Å². The highest BCUT2D eigenvalue weighted by Crippen LogP contribution is 2.36. The molecule has 3 aromatic carbocycles. The fourth-order valence-electron chi connectivity index (χ4n) is 2.65. The van der Waals surface area contributed by atoms with Gasteiger partial charge in [0, 0.05) is 12.3 Å². The molecule has 0 aliphatic rings. The largest absolute Gasteiger partial charge is 0.508 e. The molecule has 0 spiro atoms. The number of carbonyl (C=O) groups excluding carboxylic acids is 1. The predicted octanol–water partition coefficient (Wildman–Crippen LogP) is 5.43. The third kappa shape index (κ3) is 6.10. The number of rotatable bonds is 7. The molecule has 0 unspecified atom stereocenters. The standard InChI is InChI=1S/C24H20ClNO5/c1-29-20-5-3-4-16(12-20)6-11-23(28)31-24-21(25)13-17(14-22(24)30-2)15-26-18-7-9-19(27)10-8-18/h3-15,27H,1-2H3/b11-6+,26-15?. The summed E-state index contributed by atoms with van der Waals surface area (Å²) >= 11 is 6.32. The Morgan fingerprint density at radius 1 is 1.00 bits per heavy atom. The van der Waals surface area contributed by atoms with Crippen LogP contribution in [0.5, 0.6) is 23.0 Å². The van der Waals surface area contributed by atoms with Crippen molar-refractivity contribution < 1.29 is 24.1 Å². The zero-order valence-electron chi connectivity index (χ0n) is 16.9. The van der Waals surface area contributed by atoms with Crippen LogP contribution in [0.25, 0.3) is 6.08 Å². The molecule has 0 aliphatic carbocycles. The molecular formula is C24H20ClNO5. The van der Waals surface area contributed by atoms with Gasteiger partial charge in [0.25, 0.3) is 0 Å². The zero-order valence-corrected chi connectivity index (χ0v) is 17.7. The lowest BCUT2D eigenvalue weighted by atomic mass is 10.2. The molecule has 7 heteroatoms. The van der Waals surface area contributed by atoms with E-state index in [0.29, 0.717) is 22.7 Å². The molecule has 3 rings (SSSR count). The Labute approximate surface area is 185 Å². The maximum Gasteiger partial charge on any atom is 0.336 e. The van der Waals surface area contributed by atoms with Crippen molar-refractivity contribution in [1.29, 1.82) is 0 Å². The summed E-state index contributed by atoms with van der Waals surface area (Å²) in [6, 6.07) is 17.0. The number of hydrogen-bond acceptors (Lipinski definition) is 6. The summed E-state index contributed by atoms with van der Waals surface area (Å²) in [4.78, 5) is 16.6. The Bertz CT molecular complexity index is 1120. The highest BCUT2D eigenvalue weighted by Gasteiger charge is 2.14. The number of nitrogens with zero attached hydrogens (tertiary/aromatic N) is 1. The summed E-state index contributed by atoms with van der Waals surface area (Å²) < 4.78 is 15.9. The van der Waals surface area contributed by atoms with Gasteiger partial charge in [0.1, 0.15) is 11.5 Å². The normalized spacial score (nSPS) is 11.1. The van der Waals surface area contributed by atoms with Gasteiger partial charge in [-0.25, -0.2) is 4.79 Å². The van der Waals surface area contributed by atoms with Gasteiger partial charge < -0.3 is 19.3 Å². The van der Waals surface area contributed by atoms with E-state index in [1.54, 1.807) is 61.9 Å². The molecule has 0 radical (unpaired) electrons. The number of esters is 1. The molecular weight excluding hydrogens is 418 g/mol. The smallest absolute Gasteiger partial charge is 0.336 e. The summed E-state index contributed by atoms with van der Waals surface area (Å²) in [5.74, 6) is 0.655. The number of hydrogen-bond donors (Lipinski definition) is 1. The lowest BCUT2D eigenvalue weighted by Crippen LogP contribution is -2.06. The van der Waals surface area contributed by atoms with Gasteiger partial charge in [-0.1, -0.05) is 23.7 Å². The van der Waals surface area contributed by atoms with Crippen LogP contribution in [0.4, 0.5) is 5.69 Å². The number of ether oxygens (including phenoxy) is 3. The first kappa shape index (κ1) is 21.9. The zero-order chi connectivity index (χ0) is 22.2. The number of methoxy groups -OCH3 is 2. The van der Waals surface area contributed by atoms with Gasteiger partial charge in [0.2, 0.25) is 0 Å². The SMILES string of the molecule is COc1cccc(/C=C/C(=O)Oc2c(Cl)cc(C=Nc3ccc(O)cc3)cc2OC)c1. The van der Waals surface area contributed by atoms with Crippen LogP contribution in [0.2, 0.25) is 5.02 Å². The molecule has 158 valence electrons. The number of benzene rings is 3.